The minimum absolute atomic E-state index is 0.149. The third-order valence-corrected chi connectivity index (χ3v) is 3.89. The Bertz CT molecular complexity index is 500. The van der Waals surface area contributed by atoms with E-state index in [9.17, 15) is 0 Å². The second kappa shape index (κ2) is 6.75. The highest BCUT2D eigenvalue weighted by Gasteiger charge is 2.19. The largest absolute Gasteiger partial charge is 0.383 e. The molecule has 0 aromatic carbocycles. The molecule has 0 unspecified atom stereocenters. The Balaban J connectivity index is 2.10. The average molecular weight is 277 g/mol. The third kappa shape index (κ3) is 3.83. The molecule has 0 bridgehead atoms. The number of thiazole rings is 1. The third-order valence-electron chi connectivity index (χ3n) is 2.94. The predicted octanol–water partition coefficient (Wildman–Crippen LogP) is 2.67. The number of aromatic nitrogens is 2. The van der Waals surface area contributed by atoms with Gasteiger partial charge in [-0.15, -0.1) is 11.3 Å². The maximum Gasteiger partial charge on any atom is 0.107 e. The molecular formula is C14H19N3OS. The van der Waals surface area contributed by atoms with Gasteiger partial charge < -0.3 is 4.74 Å². The van der Waals surface area contributed by atoms with Crippen molar-refractivity contribution < 1.29 is 4.74 Å². The topological polar surface area (TPSA) is 38.2 Å². The number of hydrogen-bond acceptors (Lipinski definition) is 5. The molecule has 0 saturated heterocycles. The van der Waals surface area contributed by atoms with E-state index in [1.807, 2.05) is 31.3 Å². The van der Waals surface area contributed by atoms with Crippen LogP contribution < -0.4 is 0 Å². The molecule has 1 atom stereocenters. The van der Waals surface area contributed by atoms with Crippen molar-refractivity contribution in [2.45, 2.75) is 19.5 Å². The Morgan fingerprint density at radius 1 is 1.42 bits per heavy atom. The van der Waals surface area contributed by atoms with Crippen LogP contribution in [-0.4, -0.2) is 35.6 Å². The molecule has 0 radical (unpaired) electrons. The van der Waals surface area contributed by atoms with Crippen LogP contribution in [0.4, 0.5) is 0 Å². The predicted molar refractivity (Wildman–Crippen MR) is 77.2 cm³/mol. The molecule has 0 aliphatic heterocycles. The number of likely N-dealkylation sites (N-methyl/N-ethyl adjacent to an activating group) is 1. The quantitative estimate of drug-likeness (QED) is 0.813. The standard InChI is InChI=1S/C14H19N3OS/c1-11-10-19-14(16-11)8-17(2)13(9-18-3)12-6-4-5-7-15-12/h4-7,10,13H,8-9H2,1-3H3/t13-/m0/s1. The summed E-state index contributed by atoms with van der Waals surface area (Å²) in [4.78, 5) is 11.2. The summed E-state index contributed by atoms with van der Waals surface area (Å²) in [7, 11) is 3.80. The van der Waals surface area contributed by atoms with E-state index in [0.717, 1.165) is 22.9 Å². The van der Waals surface area contributed by atoms with E-state index in [0.29, 0.717) is 6.61 Å². The lowest BCUT2D eigenvalue weighted by Crippen LogP contribution is -2.28. The maximum atomic E-state index is 5.32. The first kappa shape index (κ1) is 14.1. The van der Waals surface area contributed by atoms with Gasteiger partial charge in [0.2, 0.25) is 0 Å². The van der Waals surface area contributed by atoms with Crippen molar-refractivity contribution in [2.24, 2.45) is 0 Å². The lowest BCUT2D eigenvalue weighted by molar-refractivity contribution is 0.0999. The van der Waals surface area contributed by atoms with Gasteiger partial charge in [0.05, 0.1) is 24.9 Å². The zero-order valence-electron chi connectivity index (χ0n) is 11.5. The van der Waals surface area contributed by atoms with Crippen LogP contribution in [0.1, 0.15) is 22.4 Å². The highest BCUT2D eigenvalue weighted by Crippen LogP contribution is 2.21. The SMILES string of the molecule is COC[C@@H](c1ccccn1)N(C)Cc1nc(C)cs1. The first-order valence-corrected chi connectivity index (χ1v) is 7.09. The fraction of sp³-hybridized carbons (Fsp3) is 0.429. The van der Waals surface area contributed by atoms with Crippen molar-refractivity contribution in [3.05, 3.63) is 46.2 Å². The van der Waals surface area contributed by atoms with Crippen LogP contribution in [0, 0.1) is 6.92 Å². The highest BCUT2D eigenvalue weighted by molar-refractivity contribution is 7.09. The van der Waals surface area contributed by atoms with Crippen LogP contribution in [0.3, 0.4) is 0 Å². The molecule has 0 saturated carbocycles. The first-order chi connectivity index (χ1) is 9.20. The summed E-state index contributed by atoms with van der Waals surface area (Å²) in [6, 6.07) is 6.12. The van der Waals surface area contributed by atoms with Gasteiger partial charge in [-0.25, -0.2) is 4.98 Å². The van der Waals surface area contributed by atoms with Gasteiger partial charge in [0.25, 0.3) is 0 Å². The van der Waals surface area contributed by atoms with Gasteiger partial charge in [0, 0.05) is 24.4 Å². The minimum atomic E-state index is 0.149. The van der Waals surface area contributed by atoms with Gasteiger partial charge in [0.15, 0.2) is 0 Å². The molecule has 5 heteroatoms. The molecule has 2 aromatic heterocycles. The van der Waals surface area contributed by atoms with E-state index in [2.05, 4.69) is 27.3 Å². The summed E-state index contributed by atoms with van der Waals surface area (Å²) in [5.74, 6) is 0. The van der Waals surface area contributed by atoms with Crippen molar-refractivity contribution in [2.75, 3.05) is 20.8 Å². The fourth-order valence-corrected chi connectivity index (χ4v) is 2.80. The van der Waals surface area contributed by atoms with E-state index in [4.69, 9.17) is 4.74 Å². The number of ether oxygens (including phenoxy) is 1. The van der Waals surface area contributed by atoms with Crippen LogP contribution >= 0.6 is 11.3 Å². The molecule has 0 fully saturated rings. The first-order valence-electron chi connectivity index (χ1n) is 6.22. The van der Waals surface area contributed by atoms with Gasteiger partial charge >= 0.3 is 0 Å². The molecule has 2 rings (SSSR count). The Morgan fingerprint density at radius 3 is 2.84 bits per heavy atom. The van der Waals surface area contributed by atoms with Gasteiger partial charge in [-0.1, -0.05) is 6.07 Å². The Morgan fingerprint density at radius 2 is 2.26 bits per heavy atom. The molecule has 0 aliphatic carbocycles. The zero-order chi connectivity index (χ0) is 13.7. The fourth-order valence-electron chi connectivity index (χ4n) is 1.97. The molecule has 0 N–H and O–H groups in total. The van der Waals surface area contributed by atoms with E-state index in [-0.39, 0.29) is 6.04 Å². The van der Waals surface area contributed by atoms with Crippen LogP contribution in [0.25, 0.3) is 0 Å². The summed E-state index contributed by atoms with van der Waals surface area (Å²) in [5, 5.41) is 3.20. The second-order valence-electron chi connectivity index (χ2n) is 4.52. The number of aryl methyl sites for hydroxylation is 1. The zero-order valence-corrected chi connectivity index (χ0v) is 12.4. The average Bonchev–Trinajstić information content (AvgIpc) is 2.82. The van der Waals surface area contributed by atoms with E-state index in [1.165, 1.54) is 0 Å². The lowest BCUT2D eigenvalue weighted by atomic mass is 10.2. The van der Waals surface area contributed by atoms with Gasteiger partial charge in [-0.3, -0.25) is 9.88 Å². The number of methoxy groups -OCH3 is 1. The number of pyridine rings is 1. The van der Waals surface area contributed by atoms with Crippen LogP contribution in [0.2, 0.25) is 0 Å². The van der Waals surface area contributed by atoms with Crippen LogP contribution in [0.15, 0.2) is 29.8 Å². The van der Waals surface area contributed by atoms with Gasteiger partial charge in [-0.2, -0.15) is 0 Å². The number of nitrogens with zero attached hydrogens (tertiary/aromatic N) is 3. The van der Waals surface area contributed by atoms with Crippen LogP contribution in [-0.2, 0) is 11.3 Å². The summed E-state index contributed by atoms with van der Waals surface area (Å²) >= 11 is 1.69. The van der Waals surface area contributed by atoms with Crippen molar-refractivity contribution in [1.29, 1.82) is 0 Å². The summed E-state index contributed by atoms with van der Waals surface area (Å²) in [5.41, 5.74) is 2.11. The molecule has 0 spiro atoms. The highest BCUT2D eigenvalue weighted by atomic mass is 32.1. The van der Waals surface area contributed by atoms with Crippen molar-refractivity contribution in [1.82, 2.24) is 14.9 Å². The van der Waals surface area contributed by atoms with Crippen molar-refractivity contribution in [3.8, 4) is 0 Å². The van der Waals surface area contributed by atoms with E-state index < -0.39 is 0 Å². The normalized spacial score (nSPS) is 12.8. The monoisotopic (exact) mass is 277 g/mol. The van der Waals surface area contributed by atoms with Gasteiger partial charge in [0.1, 0.15) is 5.01 Å². The number of hydrogen-bond donors (Lipinski definition) is 0. The number of rotatable bonds is 6. The lowest BCUT2D eigenvalue weighted by Gasteiger charge is -2.26. The van der Waals surface area contributed by atoms with E-state index >= 15 is 0 Å². The molecule has 19 heavy (non-hydrogen) atoms. The maximum absolute atomic E-state index is 5.32. The van der Waals surface area contributed by atoms with Crippen molar-refractivity contribution in [3.63, 3.8) is 0 Å². The summed E-state index contributed by atoms with van der Waals surface area (Å²) in [6.07, 6.45) is 1.82. The van der Waals surface area contributed by atoms with Crippen LogP contribution in [0.5, 0.6) is 0 Å². The molecule has 102 valence electrons. The molecule has 2 aromatic rings. The molecule has 0 aliphatic rings. The van der Waals surface area contributed by atoms with Crippen molar-refractivity contribution >= 4 is 11.3 Å². The summed E-state index contributed by atoms with van der Waals surface area (Å²) in [6.45, 7) is 3.45. The molecule has 4 nitrogen and oxygen atoms in total. The van der Waals surface area contributed by atoms with E-state index in [1.54, 1.807) is 18.4 Å². The molecule has 0 amide bonds. The Kier molecular flexibility index (Phi) is 5.01. The smallest absolute Gasteiger partial charge is 0.107 e. The summed E-state index contributed by atoms with van der Waals surface area (Å²) < 4.78 is 5.32. The Hall–Kier alpha value is -1.30. The second-order valence-corrected chi connectivity index (χ2v) is 5.47. The Labute approximate surface area is 118 Å². The minimum Gasteiger partial charge on any atom is -0.383 e. The molecular weight excluding hydrogens is 258 g/mol. The van der Waals surface area contributed by atoms with Gasteiger partial charge in [-0.05, 0) is 26.1 Å². The molecule has 2 heterocycles.